The molecule has 0 aromatic heterocycles. The number of methoxy groups -OCH3 is 1. The van der Waals surface area contributed by atoms with E-state index in [0.29, 0.717) is 12.2 Å². The molecule has 0 saturated carbocycles. The van der Waals surface area contributed by atoms with E-state index in [1.54, 1.807) is 13.0 Å². The third kappa shape index (κ3) is 9.56. The van der Waals surface area contributed by atoms with Crippen LogP contribution in [0.15, 0.2) is 16.8 Å². The van der Waals surface area contributed by atoms with E-state index in [0.717, 1.165) is 32.1 Å². The second kappa shape index (κ2) is 13.9. The number of nitrogens with one attached hydrogen (secondary N) is 1. The second-order valence-electron chi connectivity index (χ2n) is 7.75. The monoisotopic (exact) mass is 442 g/mol. The molecule has 10 nitrogen and oxygen atoms in total. The van der Waals surface area contributed by atoms with Crippen LogP contribution < -0.4 is 16.8 Å². The highest BCUT2D eigenvalue weighted by molar-refractivity contribution is 5.76. The standard InChI is InChI=1S/C21H38N4O6/c1-5-6-7-8-9-10-17(28)30-12-16(27)19(29-4)20-18(24-14(3)26)15(25-21(22)23)11-13(2)31-20/h11,15-16,18-20,27H,5-10,12H2,1-4H3,(H,24,26)(H4,22,23,25)/t15-,16+,18+,19+,20+/m0/s1. The van der Waals surface area contributed by atoms with Crippen molar-refractivity contribution in [3.63, 3.8) is 0 Å². The van der Waals surface area contributed by atoms with Gasteiger partial charge in [0.2, 0.25) is 5.91 Å². The van der Waals surface area contributed by atoms with Crippen LogP contribution in [-0.2, 0) is 23.8 Å². The smallest absolute Gasteiger partial charge is 0.305 e. The Balaban J connectivity index is 2.79. The molecule has 0 bridgehead atoms. The molecule has 0 aliphatic carbocycles. The van der Waals surface area contributed by atoms with Gasteiger partial charge in [-0.2, -0.15) is 0 Å². The number of aliphatic hydroxyl groups is 1. The summed E-state index contributed by atoms with van der Waals surface area (Å²) in [7, 11) is 1.40. The van der Waals surface area contributed by atoms with Crippen LogP contribution in [0, 0.1) is 0 Å². The first-order chi connectivity index (χ1) is 14.7. The Labute approximate surface area is 184 Å². The van der Waals surface area contributed by atoms with Crippen molar-refractivity contribution in [3.05, 3.63) is 11.8 Å². The Morgan fingerprint density at radius 2 is 1.97 bits per heavy atom. The molecular weight excluding hydrogens is 404 g/mol. The van der Waals surface area contributed by atoms with Gasteiger partial charge in [-0.3, -0.25) is 9.59 Å². The van der Waals surface area contributed by atoms with Gasteiger partial charge in [0.15, 0.2) is 5.96 Å². The van der Waals surface area contributed by atoms with Gasteiger partial charge >= 0.3 is 5.97 Å². The number of carbonyl (C=O) groups is 2. The first-order valence-electron chi connectivity index (χ1n) is 10.8. The van der Waals surface area contributed by atoms with Gasteiger partial charge in [-0.05, 0) is 19.4 Å². The number of unbranched alkanes of at least 4 members (excludes halogenated alkanes) is 4. The zero-order valence-electron chi connectivity index (χ0n) is 19.0. The van der Waals surface area contributed by atoms with E-state index in [1.807, 2.05) is 0 Å². The van der Waals surface area contributed by atoms with Crippen LogP contribution in [0.2, 0.25) is 0 Å². The van der Waals surface area contributed by atoms with Gasteiger partial charge < -0.3 is 36.1 Å². The molecule has 6 N–H and O–H groups in total. The number of esters is 1. The van der Waals surface area contributed by atoms with Crippen molar-refractivity contribution < 1.29 is 28.9 Å². The van der Waals surface area contributed by atoms with Crippen molar-refractivity contribution in [2.75, 3.05) is 13.7 Å². The van der Waals surface area contributed by atoms with Crippen LogP contribution in [0.4, 0.5) is 0 Å². The number of nitrogens with two attached hydrogens (primary N) is 2. The number of amides is 1. The fourth-order valence-electron chi connectivity index (χ4n) is 3.56. The number of nitrogens with zero attached hydrogens (tertiary/aromatic N) is 1. The van der Waals surface area contributed by atoms with Crippen LogP contribution in [0.1, 0.15) is 59.3 Å². The highest BCUT2D eigenvalue weighted by Gasteiger charge is 2.43. The number of aliphatic imine (C=N–C) groups is 1. The molecule has 0 spiro atoms. The SMILES string of the molecule is CCCCCCCC(=O)OC[C@@H](O)[C@@H](OC)[C@@H]1OC(C)=C[C@H](N=C(N)N)[C@H]1NC(C)=O. The molecule has 1 aliphatic rings. The number of carbonyl (C=O) groups excluding carboxylic acids is 2. The summed E-state index contributed by atoms with van der Waals surface area (Å²) < 4.78 is 16.6. The lowest BCUT2D eigenvalue weighted by atomic mass is 9.92. The normalized spacial score (nSPS) is 22.5. The van der Waals surface area contributed by atoms with Crippen LogP contribution in [-0.4, -0.2) is 67.1 Å². The molecule has 1 amide bonds. The molecule has 0 fully saturated rings. The molecular formula is C21H38N4O6. The summed E-state index contributed by atoms with van der Waals surface area (Å²) in [4.78, 5) is 27.9. The van der Waals surface area contributed by atoms with Gasteiger partial charge in [-0.1, -0.05) is 32.6 Å². The first kappa shape index (κ1) is 26.7. The molecule has 10 heteroatoms. The molecule has 0 aromatic rings. The summed E-state index contributed by atoms with van der Waals surface area (Å²) in [5, 5.41) is 13.4. The number of hydrogen-bond acceptors (Lipinski definition) is 7. The Hall–Kier alpha value is -2.33. The lowest BCUT2D eigenvalue weighted by Crippen LogP contribution is -2.60. The van der Waals surface area contributed by atoms with Gasteiger partial charge in [0.1, 0.15) is 24.9 Å². The lowest BCUT2D eigenvalue weighted by Gasteiger charge is -2.40. The van der Waals surface area contributed by atoms with Crippen molar-refractivity contribution in [2.24, 2.45) is 16.5 Å². The van der Waals surface area contributed by atoms with Gasteiger partial charge in [-0.25, -0.2) is 4.99 Å². The summed E-state index contributed by atoms with van der Waals surface area (Å²) in [5.74, 6) is -0.323. The molecule has 31 heavy (non-hydrogen) atoms. The number of aliphatic hydroxyl groups excluding tert-OH is 1. The summed E-state index contributed by atoms with van der Waals surface area (Å²) in [6, 6.07) is -1.31. The van der Waals surface area contributed by atoms with Gasteiger partial charge in [0, 0.05) is 20.5 Å². The van der Waals surface area contributed by atoms with E-state index in [9.17, 15) is 14.7 Å². The lowest BCUT2D eigenvalue weighted by molar-refractivity contribution is -0.156. The van der Waals surface area contributed by atoms with Gasteiger partial charge in [-0.15, -0.1) is 0 Å². The maximum atomic E-state index is 12.0. The zero-order chi connectivity index (χ0) is 23.4. The average Bonchev–Trinajstić information content (AvgIpc) is 2.68. The molecule has 1 rings (SSSR count). The molecule has 0 aromatic carbocycles. The minimum atomic E-state index is -1.18. The number of hydrogen-bond donors (Lipinski definition) is 4. The topological polar surface area (TPSA) is 158 Å². The summed E-state index contributed by atoms with van der Waals surface area (Å²) in [6.45, 7) is 4.94. The summed E-state index contributed by atoms with van der Waals surface area (Å²) >= 11 is 0. The van der Waals surface area contributed by atoms with Crippen molar-refractivity contribution in [1.82, 2.24) is 5.32 Å². The number of guanidine groups is 1. The summed E-state index contributed by atoms with van der Waals surface area (Å²) in [5.41, 5.74) is 11.1. The Morgan fingerprint density at radius 1 is 1.29 bits per heavy atom. The molecule has 0 saturated heterocycles. The quantitative estimate of drug-likeness (QED) is 0.140. The van der Waals surface area contributed by atoms with Gasteiger partial charge in [0.05, 0.1) is 17.8 Å². The van der Waals surface area contributed by atoms with E-state index in [1.165, 1.54) is 14.0 Å². The molecule has 5 atom stereocenters. The predicted molar refractivity (Wildman–Crippen MR) is 117 cm³/mol. The Morgan fingerprint density at radius 3 is 2.55 bits per heavy atom. The van der Waals surface area contributed by atoms with E-state index in [4.69, 9.17) is 25.7 Å². The van der Waals surface area contributed by atoms with Crippen LogP contribution in [0.5, 0.6) is 0 Å². The predicted octanol–water partition coefficient (Wildman–Crippen LogP) is 0.715. The van der Waals surface area contributed by atoms with Crippen molar-refractivity contribution in [3.8, 4) is 0 Å². The Kier molecular flexibility index (Phi) is 11.9. The summed E-state index contributed by atoms with van der Waals surface area (Å²) in [6.07, 6.45) is 4.18. The number of ether oxygens (including phenoxy) is 3. The highest BCUT2D eigenvalue weighted by Crippen LogP contribution is 2.26. The van der Waals surface area contributed by atoms with Crippen molar-refractivity contribution >= 4 is 17.8 Å². The maximum Gasteiger partial charge on any atom is 0.305 e. The molecule has 0 radical (unpaired) electrons. The Bertz CT molecular complexity index is 635. The zero-order valence-corrected chi connectivity index (χ0v) is 19.0. The molecule has 1 aliphatic heterocycles. The van der Waals surface area contributed by atoms with Crippen LogP contribution in [0.3, 0.4) is 0 Å². The second-order valence-corrected chi connectivity index (χ2v) is 7.75. The molecule has 0 unspecified atom stereocenters. The van der Waals surface area contributed by atoms with E-state index < -0.39 is 30.4 Å². The van der Waals surface area contributed by atoms with E-state index in [-0.39, 0.29) is 24.4 Å². The average molecular weight is 443 g/mol. The minimum Gasteiger partial charge on any atom is -0.490 e. The highest BCUT2D eigenvalue weighted by atomic mass is 16.6. The van der Waals surface area contributed by atoms with Crippen LogP contribution in [0.25, 0.3) is 0 Å². The van der Waals surface area contributed by atoms with E-state index in [2.05, 4.69) is 17.2 Å². The fourth-order valence-corrected chi connectivity index (χ4v) is 3.56. The van der Waals surface area contributed by atoms with Gasteiger partial charge in [0.25, 0.3) is 0 Å². The van der Waals surface area contributed by atoms with Crippen molar-refractivity contribution in [1.29, 1.82) is 0 Å². The minimum absolute atomic E-state index is 0.146. The largest absolute Gasteiger partial charge is 0.490 e. The third-order valence-electron chi connectivity index (χ3n) is 4.99. The first-order valence-corrected chi connectivity index (χ1v) is 10.8. The molecule has 178 valence electrons. The fraction of sp³-hybridized carbons (Fsp3) is 0.762. The maximum absolute atomic E-state index is 12.0. The van der Waals surface area contributed by atoms with Crippen LogP contribution >= 0.6 is 0 Å². The number of rotatable bonds is 13. The van der Waals surface area contributed by atoms with E-state index >= 15 is 0 Å². The third-order valence-corrected chi connectivity index (χ3v) is 4.99. The molecule has 1 heterocycles. The van der Waals surface area contributed by atoms with Crippen molar-refractivity contribution in [2.45, 2.75) is 89.7 Å². The number of allylic oxidation sites excluding steroid dienone is 1.